The number of hydrogen-bond acceptors (Lipinski definition) is 26. The van der Waals surface area contributed by atoms with E-state index in [0.29, 0.717) is 6.42 Å². The van der Waals surface area contributed by atoms with Crippen LogP contribution in [0.25, 0.3) is 0 Å². The van der Waals surface area contributed by atoms with Crippen LogP contribution >= 0.6 is 0 Å². The lowest BCUT2D eigenvalue weighted by molar-refractivity contribution is -0.148. The summed E-state index contributed by atoms with van der Waals surface area (Å²) in [6, 6.07) is -22.7. The van der Waals surface area contributed by atoms with Gasteiger partial charge in [-0.25, -0.2) is 9.78 Å². The van der Waals surface area contributed by atoms with E-state index in [2.05, 4.69) is 100 Å². The fourth-order valence-electron chi connectivity index (χ4n) is 14.5. The second kappa shape index (κ2) is 58.8. The van der Waals surface area contributed by atoms with Crippen LogP contribution in [0.4, 0.5) is 0 Å². The molecule has 36 N–H and O–H groups in total. The molecule has 1 aromatic heterocycles. The number of aromatic amines is 1. The number of carboxylic acids is 3. The third kappa shape index (κ3) is 42.4. The number of nitrogens with zero attached hydrogens (tertiary/aromatic N) is 3. The number of aromatic nitrogens is 2. The third-order valence-corrected chi connectivity index (χ3v) is 21.8. The molecule has 2 saturated heterocycles. The zero-order chi connectivity index (χ0) is 102. The molecule has 16 atom stereocenters. The van der Waals surface area contributed by atoms with Crippen molar-refractivity contribution in [3.05, 3.63) is 18.2 Å². The minimum atomic E-state index is -1.81. The number of hydrogen-bond donors (Lipinski definition) is 30. The fourth-order valence-corrected chi connectivity index (χ4v) is 14.5. The Morgan fingerprint density at radius 3 is 1.35 bits per heavy atom. The largest absolute Gasteiger partial charge is 0.481 e. The Balaban J connectivity index is 1.94. The number of carbonyl (C=O) groups excluding carboxylic acids is 18. The van der Waals surface area contributed by atoms with Crippen LogP contribution in [0.1, 0.15) is 190 Å². The molecular weight excluding hydrogens is 1790 g/mol. The number of nitrogens with one attached hydrogen (secondary N) is 21. The highest BCUT2D eigenvalue weighted by molar-refractivity contribution is 6.02. The van der Waals surface area contributed by atoms with Gasteiger partial charge in [0.25, 0.3) is 0 Å². The molecule has 0 saturated carbocycles. The number of carbonyl (C=O) groups is 21. The number of rotatable bonds is 62. The van der Waals surface area contributed by atoms with Crippen molar-refractivity contribution in [2.24, 2.45) is 58.1 Å². The van der Waals surface area contributed by atoms with Gasteiger partial charge in [-0.3, -0.25) is 112 Å². The van der Waals surface area contributed by atoms with Gasteiger partial charge in [0.15, 0.2) is 17.9 Å². The molecule has 2 aliphatic rings. The smallest absolute Gasteiger partial charge is 0.326 e. The van der Waals surface area contributed by atoms with Crippen LogP contribution in [0.2, 0.25) is 0 Å². The Kier molecular flexibility index (Phi) is 50.1. The van der Waals surface area contributed by atoms with Crippen molar-refractivity contribution in [3.63, 3.8) is 0 Å². The van der Waals surface area contributed by atoms with Crippen LogP contribution in [-0.2, 0) is 107 Å². The molecule has 3 heterocycles. The summed E-state index contributed by atoms with van der Waals surface area (Å²) in [5.74, 6) is -25.2. The first-order valence-corrected chi connectivity index (χ1v) is 44.8. The molecule has 54 nitrogen and oxygen atoms in total. The molecule has 1 aromatic rings. The maximum absolute atomic E-state index is 15.0. The maximum Gasteiger partial charge on any atom is 0.326 e. The number of guanidine groups is 3. The van der Waals surface area contributed by atoms with Gasteiger partial charge in [-0.05, 0) is 120 Å². The topological polar surface area (TPSA) is 887 Å². The Hall–Kier alpha value is -14.1. The summed E-state index contributed by atoms with van der Waals surface area (Å²) >= 11 is 0. The number of likely N-dealkylation sites (tertiary alicyclic amines) is 2. The van der Waals surface area contributed by atoms with Crippen molar-refractivity contribution in [3.8, 4) is 0 Å². The predicted octanol–water partition coefficient (Wildman–Crippen LogP) is -9.52. The lowest BCUT2D eigenvalue weighted by Crippen LogP contribution is -2.62. The van der Waals surface area contributed by atoms with Gasteiger partial charge in [0.1, 0.15) is 84.6 Å². The molecular formula is C82H138N30O24. The van der Waals surface area contributed by atoms with Crippen LogP contribution in [0.15, 0.2) is 12.5 Å². The molecule has 0 aromatic carbocycles. The predicted molar refractivity (Wildman–Crippen MR) is 484 cm³/mol. The Morgan fingerprint density at radius 1 is 0.441 bits per heavy atom. The Morgan fingerprint density at radius 2 is 0.860 bits per heavy atom. The van der Waals surface area contributed by atoms with Gasteiger partial charge in [-0.2, -0.15) is 0 Å². The molecule has 0 bridgehead atoms. The number of carboxylic acid groups (broad SMARTS) is 3. The van der Waals surface area contributed by atoms with Gasteiger partial charge in [0, 0.05) is 58.2 Å². The first-order valence-electron chi connectivity index (χ1n) is 44.8. The third-order valence-electron chi connectivity index (χ3n) is 21.8. The van der Waals surface area contributed by atoms with Crippen molar-refractivity contribution in [1.82, 2.24) is 110 Å². The SMILES string of the molecule is CC[C@H](C)[C@H](NC(=O)[C@H](CCCNC(=N)N)NC(=O)[C@H](Cc1c[nH]cn1)NC(=O)[C@H](CCC(N)=O)NC(=O)[C@@H]1CCCN1C(=O)[C@@H]1CCCN1C(=O)[C@H](C)NC(=O)[C@H](CC(C)C)NC(=O)CNC(=O)[C@@H](N)CC(=O)O)C(=O)N[C@@H](CCCNC(=N)N)C(=O)N[C@H](C(=O)N[C@@H](CCC(=O)O)C(=O)NCC(=O)N[C@@H](CC(N)=O)C(=O)N[C@@H](CC(C)C)C(=O)N[C@@H](CCCNC(=N)N)C(=O)O)C(C)C. The Labute approximate surface area is 784 Å². The zero-order valence-electron chi connectivity index (χ0n) is 77.9. The summed E-state index contributed by atoms with van der Waals surface area (Å²) in [6.07, 6.45) is -1.40. The van der Waals surface area contributed by atoms with Crippen LogP contribution in [0, 0.1) is 39.9 Å². The first kappa shape index (κ1) is 116. The summed E-state index contributed by atoms with van der Waals surface area (Å²) in [4.78, 5) is 295. The number of nitrogens with two attached hydrogens (primary N) is 6. The fraction of sp³-hybridized carbons (Fsp3) is 0.671. The van der Waals surface area contributed by atoms with E-state index in [0.717, 1.165) is 0 Å². The monoisotopic (exact) mass is 1930 g/mol. The van der Waals surface area contributed by atoms with Gasteiger partial charge in [0.2, 0.25) is 106 Å². The molecule has 2 aliphatic heterocycles. The maximum atomic E-state index is 15.0. The molecule has 54 heteroatoms. The van der Waals surface area contributed by atoms with Crippen molar-refractivity contribution < 1.29 is 116 Å². The van der Waals surface area contributed by atoms with Crippen LogP contribution in [0.3, 0.4) is 0 Å². The number of amides is 18. The summed E-state index contributed by atoms with van der Waals surface area (Å²) in [6.45, 7) is 12.8. The highest BCUT2D eigenvalue weighted by atomic mass is 16.4. The van der Waals surface area contributed by atoms with E-state index in [9.17, 15) is 111 Å². The van der Waals surface area contributed by atoms with E-state index in [1.807, 2.05) is 0 Å². The van der Waals surface area contributed by atoms with E-state index >= 15 is 0 Å². The normalized spacial score (nSPS) is 16.4. The second-order valence-electron chi connectivity index (χ2n) is 34.4. The van der Waals surface area contributed by atoms with Gasteiger partial charge in [-0.15, -0.1) is 0 Å². The molecule has 0 aliphatic carbocycles. The standard InChI is InChI=1S/C82H138N30O24/c1-10-42(8)64(76(132)104-47(17-12-26-94-81(88)89)68(124)109-63(41(6)7)75(131)105-48(22-24-61(117)118)66(122)97-37-60(116)101-54(34-58(85)114)73(129)107-52(31-40(4)5)71(127)106-50(79(135)136)18-13-27-95-82(90)91)110-69(125)46(16-11-25-93-80(86)87)102-72(128)53(32-44-35-92-38-98-44)108-67(123)49(21-23-57(84)113)103-74(130)55-19-14-28-111(55)78(134)56-20-15-29-112(56)77(133)43(9)99-70(126)51(30-39(2)3)100-59(115)36-96-65(121)45(83)33-62(119)120/h35,38-43,45-56,63-64H,10-34,36-37,83H2,1-9H3,(H2,84,113)(H2,85,114)(H,92,98)(H,96,121)(H,97,122)(H,99,126)(H,100,115)(H,101,116)(H,102,128)(H,103,130)(H,104,132)(H,105,131)(H,106,127)(H,107,129)(H,108,123)(H,109,124)(H,110,125)(H,117,118)(H,119,120)(H,135,136)(H4,86,87,93)(H4,88,89,94)(H4,90,91,95)/t42-,43-,45-,46-,47-,48-,49-,50-,51-,52-,53-,54-,55-,56-,63-,64-/m0/s1. The average Bonchev–Trinajstić information content (AvgIpc) is 1.64. The second-order valence-corrected chi connectivity index (χ2v) is 34.4. The zero-order valence-corrected chi connectivity index (χ0v) is 77.9. The molecule has 3 rings (SSSR count). The van der Waals surface area contributed by atoms with Gasteiger partial charge >= 0.3 is 17.9 Å². The van der Waals surface area contributed by atoms with Gasteiger partial charge < -0.3 is 155 Å². The van der Waals surface area contributed by atoms with E-state index in [4.69, 9.17) is 55.7 Å². The van der Waals surface area contributed by atoms with Gasteiger partial charge in [0.05, 0.1) is 44.0 Å². The van der Waals surface area contributed by atoms with E-state index in [1.165, 1.54) is 43.1 Å². The highest BCUT2D eigenvalue weighted by Gasteiger charge is 2.46. The molecule has 760 valence electrons. The summed E-state index contributed by atoms with van der Waals surface area (Å²) in [7, 11) is 0. The summed E-state index contributed by atoms with van der Waals surface area (Å²) in [5, 5.41) is 93.5. The van der Waals surface area contributed by atoms with E-state index < -0.39 is 297 Å². The lowest BCUT2D eigenvalue weighted by atomic mass is 9.96. The van der Waals surface area contributed by atoms with E-state index in [-0.39, 0.29) is 133 Å². The number of aliphatic carboxylic acids is 3. The molecule has 0 unspecified atom stereocenters. The Bertz CT molecular complexity index is 4360. The van der Waals surface area contributed by atoms with Crippen LogP contribution < -0.4 is 125 Å². The summed E-state index contributed by atoms with van der Waals surface area (Å²) < 4.78 is 0. The first-order chi connectivity index (χ1) is 63.8. The van der Waals surface area contributed by atoms with Crippen molar-refractivity contribution in [2.45, 2.75) is 281 Å². The van der Waals surface area contributed by atoms with Crippen molar-refractivity contribution in [1.29, 1.82) is 16.2 Å². The number of H-pyrrole nitrogens is 1. The van der Waals surface area contributed by atoms with Gasteiger partial charge in [-0.1, -0.05) is 61.8 Å². The quantitative estimate of drug-likeness (QED) is 0.0164. The van der Waals surface area contributed by atoms with Crippen molar-refractivity contribution >= 4 is 142 Å². The lowest BCUT2D eigenvalue weighted by Gasteiger charge is -2.33. The molecule has 0 radical (unpaired) electrons. The molecule has 0 spiro atoms. The number of imidazole rings is 1. The molecule has 2 fully saturated rings. The van der Waals surface area contributed by atoms with Crippen LogP contribution in [-0.4, -0.2) is 314 Å². The minimum absolute atomic E-state index is 0.00367. The number of primary amides is 2. The molecule has 18 amide bonds. The van der Waals surface area contributed by atoms with Crippen molar-refractivity contribution in [2.75, 3.05) is 45.8 Å². The van der Waals surface area contributed by atoms with Crippen LogP contribution in [0.5, 0.6) is 0 Å². The minimum Gasteiger partial charge on any atom is -0.481 e. The average molecular weight is 1930 g/mol. The summed E-state index contributed by atoms with van der Waals surface area (Å²) in [5.41, 5.74) is 33.2. The molecule has 136 heavy (non-hydrogen) atoms. The highest BCUT2D eigenvalue weighted by Crippen LogP contribution is 2.27. The van der Waals surface area contributed by atoms with E-state index in [1.54, 1.807) is 41.5 Å².